The van der Waals surface area contributed by atoms with Gasteiger partial charge in [-0.15, -0.1) is 0 Å². The summed E-state index contributed by atoms with van der Waals surface area (Å²) in [6.45, 7) is 7.32. The minimum absolute atomic E-state index is 0.00547. The third kappa shape index (κ3) is 2.66. The lowest BCUT2D eigenvalue weighted by molar-refractivity contribution is 0.0113. The molecule has 0 bridgehead atoms. The SMILES string of the molecule is CC1=C(C(C)N)c2cc(Cl)ccc2N(C2CCCCO2)C1C. The molecule has 4 heteroatoms. The van der Waals surface area contributed by atoms with Crippen LogP contribution in [-0.4, -0.2) is 24.9 Å². The molecule has 2 heterocycles. The smallest absolute Gasteiger partial charge is 0.130 e. The van der Waals surface area contributed by atoms with Crippen molar-refractivity contribution in [2.45, 2.75) is 58.3 Å². The Morgan fingerprint density at radius 3 is 2.77 bits per heavy atom. The van der Waals surface area contributed by atoms with Gasteiger partial charge in [0.15, 0.2) is 0 Å². The van der Waals surface area contributed by atoms with Crippen molar-refractivity contribution < 1.29 is 4.74 Å². The van der Waals surface area contributed by atoms with Crippen LogP contribution >= 0.6 is 11.6 Å². The molecule has 120 valence electrons. The molecule has 1 aromatic carbocycles. The monoisotopic (exact) mass is 320 g/mol. The van der Waals surface area contributed by atoms with Crippen molar-refractivity contribution in [3.8, 4) is 0 Å². The summed E-state index contributed by atoms with van der Waals surface area (Å²) in [5.41, 5.74) is 11.2. The third-order valence-electron chi connectivity index (χ3n) is 4.92. The third-order valence-corrected chi connectivity index (χ3v) is 5.15. The second kappa shape index (κ2) is 6.23. The lowest BCUT2D eigenvalue weighted by Crippen LogP contribution is -2.48. The number of benzene rings is 1. The number of halogens is 1. The molecular formula is C18H25ClN2O. The number of hydrogen-bond acceptors (Lipinski definition) is 3. The molecule has 0 saturated carbocycles. The van der Waals surface area contributed by atoms with Crippen molar-refractivity contribution in [1.29, 1.82) is 0 Å². The molecule has 3 unspecified atom stereocenters. The Balaban J connectivity index is 2.11. The van der Waals surface area contributed by atoms with Crippen LogP contribution in [0.2, 0.25) is 5.02 Å². The van der Waals surface area contributed by atoms with Gasteiger partial charge in [0.05, 0.1) is 6.04 Å². The summed E-state index contributed by atoms with van der Waals surface area (Å²) in [6.07, 6.45) is 3.60. The maximum atomic E-state index is 6.26. The van der Waals surface area contributed by atoms with E-state index in [0.29, 0.717) is 0 Å². The Kier molecular flexibility index (Phi) is 4.49. The van der Waals surface area contributed by atoms with E-state index in [4.69, 9.17) is 22.1 Å². The highest BCUT2D eigenvalue weighted by molar-refractivity contribution is 6.31. The maximum absolute atomic E-state index is 6.26. The highest BCUT2D eigenvalue weighted by Crippen LogP contribution is 2.42. The van der Waals surface area contributed by atoms with Gasteiger partial charge in [-0.25, -0.2) is 0 Å². The van der Waals surface area contributed by atoms with Gasteiger partial charge in [-0.3, -0.25) is 0 Å². The van der Waals surface area contributed by atoms with Gasteiger partial charge in [0.25, 0.3) is 0 Å². The van der Waals surface area contributed by atoms with E-state index in [-0.39, 0.29) is 18.3 Å². The van der Waals surface area contributed by atoms with E-state index in [1.165, 1.54) is 23.3 Å². The Labute approximate surface area is 138 Å². The van der Waals surface area contributed by atoms with Gasteiger partial charge in [0.1, 0.15) is 6.23 Å². The van der Waals surface area contributed by atoms with Gasteiger partial charge < -0.3 is 15.4 Å². The molecule has 2 aliphatic heterocycles. The molecule has 1 saturated heterocycles. The molecule has 3 atom stereocenters. The van der Waals surface area contributed by atoms with Crippen molar-refractivity contribution in [2.75, 3.05) is 11.5 Å². The topological polar surface area (TPSA) is 38.5 Å². The average molecular weight is 321 g/mol. The Morgan fingerprint density at radius 1 is 1.36 bits per heavy atom. The van der Waals surface area contributed by atoms with Crippen molar-refractivity contribution >= 4 is 22.9 Å². The standard InChI is InChI=1S/C18H25ClN2O/c1-11-13(3)21(17-6-4-5-9-22-17)16-8-7-14(19)10-15(16)18(11)12(2)20/h7-8,10,12-13,17H,4-6,9,20H2,1-3H3. The molecule has 1 aromatic rings. The summed E-state index contributed by atoms with van der Waals surface area (Å²) in [7, 11) is 0. The van der Waals surface area contributed by atoms with Crippen LogP contribution in [-0.2, 0) is 4.74 Å². The molecule has 2 N–H and O–H groups in total. The summed E-state index contributed by atoms with van der Waals surface area (Å²) < 4.78 is 6.06. The quantitative estimate of drug-likeness (QED) is 0.887. The fraction of sp³-hybridized carbons (Fsp3) is 0.556. The van der Waals surface area contributed by atoms with Crippen molar-refractivity contribution in [3.05, 3.63) is 34.4 Å². The van der Waals surface area contributed by atoms with E-state index in [0.717, 1.165) is 30.0 Å². The molecule has 3 rings (SSSR count). The van der Waals surface area contributed by atoms with Crippen LogP contribution in [0.3, 0.4) is 0 Å². The molecule has 2 aliphatic rings. The summed E-state index contributed by atoms with van der Waals surface area (Å²) in [6, 6.07) is 6.40. The second-order valence-electron chi connectivity index (χ2n) is 6.45. The fourth-order valence-corrected chi connectivity index (χ4v) is 3.93. The molecule has 0 aromatic heterocycles. The molecule has 22 heavy (non-hydrogen) atoms. The maximum Gasteiger partial charge on any atom is 0.130 e. The van der Waals surface area contributed by atoms with Gasteiger partial charge in [0.2, 0.25) is 0 Å². The van der Waals surface area contributed by atoms with E-state index < -0.39 is 0 Å². The van der Waals surface area contributed by atoms with E-state index in [2.05, 4.69) is 24.8 Å². The molecule has 1 fully saturated rings. The number of fused-ring (bicyclic) bond motifs is 1. The van der Waals surface area contributed by atoms with Gasteiger partial charge in [0, 0.05) is 28.9 Å². The Hall–Kier alpha value is -1.03. The minimum atomic E-state index is -0.00547. The van der Waals surface area contributed by atoms with Crippen molar-refractivity contribution in [2.24, 2.45) is 5.73 Å². The van der Waals surface area contributed by atoms with Crippen LogP contribution < -0.4 is 10.6 Å². The zero-order valence-electron chi connectivity index (χ0n) is 13.6. The number of nitrogens with zero attached hydrogens (tertiary/aromatic N) is 1. The largest absolute Gasteiger partial charge is 0.358 e. The number of ether oxygens (including phenoxy) is 1. The first-order valence-corrected chi connectivity index (χ1v) is 8.54. The molecule has 0 aliphatic carbocycles. The first-order valence-electron chi connectivity index (χ1n) is 8.17. The van der Waals surface area contributed by atoms with Gasteiger partial charge in [-0.05, 0) is 69.4 Å². The summed E-state index contributed by atoms with van der Waals surface area (Å²) in [5.74, 6) is 0. The zero-order valence-corrected chi connectivity index (χ0v) is 14.4. The Morgan fingerprint density at radius 2 is 2.14 bits per heavy atom. The van der Waals surface area contributed by atoms with E-state index >= 15 is 0 Å². The van der Waals surface area contributed by atoms with E-state index in [1.54, 1.807) is 0 Å². The molecule has 0 amide bonds. The van der Waals surface area contributed by atoms with Crippen molar-refractivity contribution in [3.63, 3.8) is 0 Å². The Bertz CT molecular complexity index is 591. The highest BCUT2D eigenvalue weighted by atomic mass is 35.5. The summed E-state index contributed by atoms with van der Waals surface area (Å²) in [4.78, 5) is 2.41. The van der Waals surface area contributed by atoms with Gasteiger partial charge in [-0.1, -0.05) is 11.6 Å². The van der Waals surface area contributed by atoms with Crippen LogP contribution in [0.25, 0.3) is 5.57 Å². The lowest BCUT2D eigenvalue weighted by Gasteiger charge is -2.45. The molecule has 0 spiro atoms. The molecule has 0 radical (unpaired) electrons. The van der Waals surface area contributed by atoms with Crippen LogP contribution in [0, 0.1) is 0 Å². The number of rotatable bonds is 2. The molecule has 3 nitrogen and oxygen atoms in total. The normalized spacial score (nSPS) is 26.9. The van der Waals surface area contributed by atoms with Crippen LogP contribution in [0.4, 0.5) is 5.69 Å². The number of hydrogen-bond donors (Lipinski definition) is 1. The summed E-state index contributed by atoms with van der Waals surface area (Å²) in [5, 5.41) is 0.753. The molecular weight excluding hydrogens is 296 g/mol. The van der Waals surface area contributed by atoms with Gasteiger partial charge >= 0.3 is 0 Å². The van der Waals surface area contributed by atoms with Crippen molar-refractivity contribution in [1.82, 2.24) is 0 Å². The average Bonchev–Trinajstić information content (AvgIpc) is 2.49. The predicted molar refractivity (Wildman–Crippen MR) is 93.2 cm³/mol. The van der Waals surface area contributed by atoms with Crippen LogP contribution in [0.15, 0.2) is 23.8 Å². The predicted octanol–water partition coefficient (Wildman–Crippen LogP) is 4.20. The first-order chi connectivity index (χ1) is 10.5. The number of anilines is 1. The summed E-state index contributed by atoms with van der Waals surface area (Å²) >= 11 is 6.25. The van der Waals surface area contributed by atoms with Crippen LogP contribution in [0.1, 0.15) is 45.6 Å². The first kappa shape index (κ1) is 15.9. The number of nitrogens with two attached hydrogens (primary N) is 1. The lowest BCUT2D eigenvalue weighted by atomic mass is 9.85. The highest BCUT2D eigenvalue weighted by Gasteiger charge is 2.34. The minimum Gasteiger partial charge on any atom is -0.358 e. The van der Waals surface area contributed by atoms with E-state index in [1.807, 2.05) is 19.1 Å². The zero-order chi connectivity index (χ0) is 15.9. The van der Waals surface area contributed by atoms with Gasteiger partial charge in [-0.2, -0.15) is 0 Å². The second-order valence-corrected chi connectivity index (χ2v) is 6.89. The van der Waals surface area contributed by atoms with Crippen LogP contribution in [0.5, 0.6) is 0 Å². The van der Waals surface area contributed by atoms with E-state index in [9.17, 15) is 0 Å². The fourth-order valence-electron chi connectivity index (χ4n) is 3.76.